The lowest BCUT2D eigenvalue weighted by atomic mass is 9.33. The summed E-state index contributed by atoms with van der Waals surface area (Å²) >= 11 is 1.94. The van der Waals surface area contributed by atoms with Crippen molar-refractivity contribution in [3.8, 4) is 16.9 Å². The van der Waals surface area contributed by atoms with E-state index in [0.29, 0.717) is 0 Å². The molecule has 1 saturated carbocycles. The summed E-state index contributed by atoms with van der Waals surface area (Å²) in [4.78, 5) is 5.59. The van der Waals surface area contributed by atoms with E-state index in [0.717, 1.165) is 6.42 Å². The minimum atomic E-state index is -0.192. The number of anilines is 5. The Kier molecular flexibility index (Phi) is 8.79. The second kappa shape index (κ2) is 14.2. The lowest BCUT2D eigenvalue weighted by Gasteiger charge is -2.51. The number of thiophene rings is 1. The molecule has 2 aliphatic carbocycles. The number of benzene rings is 7. The second-order valence-corrected chi connectivity index (χ2v) is 27.6. The maximum absolute atomic E-state index is 2.86. The van der Waals surface area contributed by atoms with Crippen LogP contribution in [0.2, 0.25) is 0 Å². The summed E-state index contributed by atoms with van der Waals surface area (Å²) in [7, 11) is 0. The maximum Gasteiger partial charge on any atom is 0.252 e. The van der Waals surface area contributed by atoms with Crippen LogP contribution < -0.4 is 26.2 Å². The quantitative estimate of drug-likeness (QED) is 0.160. The van der Waals surface area contributed by atoms with Crippen LogP contribution in [0.3, 0.4) is 0 Å². The van der Waals surface area contributed by atoms with Gasteiger partial charge in [0.25, 0.3) is 6.71 Å². The average Bonchev–Trinajstić information content (AvgIpc) is 4.02. The van der Waals surface area contributed by atoms with E-state index in [1.165, 1.54) is 145 Å². The van der Waals surface area contributed by atoms with E-state index < -0.39 is 0 Å². The van der Waals surface area contributed by atoms with E-state index in [1.807, 2.05) is 11.3 Å². The van der Waals surface area contributed by atoms with Crippen molar-refractivity contribution in [2.24, 2.45) is 0 Å². The molecule has 2 atom stereocenters. The molecule has 5 heterocycles. The third-order valence-electron chi connectivity index (χ3n) is 18.9. The Balaban J connectivity index is 1.18. The fourth-order valence-electron chi connectivity index (χ4n) is 14.8. The summed E-state index contributed by atoms with van der Waals surface area (Å²) in [5.74, 6) is 0. The van der Waals surface area contributed by atoms with E-state index in [-0.39, 0.29) is 39.3 Å². The van der Waals surface area contributed by atoms with Crippen molar-refractivity contribution in [2.75, 3.05) is 9.80 Å². The van der Waals surface area contributed by atoms with Gasteiger partial charge >= 0.3 is 0 Å². The molecule has 2 aromatic heterocycles. The molecule has 0 saturated heterocycles. The van der Waals surface area contributed by atoms with Gasteiger partial charge in [-0.25, -0.2) is 0 Å². The Morgan fingerprint density at radius 3 is 1.99 bits per heavy atom. The molecule has 14 rings (SSSR count). The van der Waals surface area contributed by atoms with Crippen LogP contribution in [0.5, 0.6) is 0 Å². The number of fused-ring (bicyclic) bond motifs is 15. The molecule has 0 radical (unpaired) electrons. The Morgan fingerprint density at radius 2 is 1.21 bits per heavy atom. The third-order valence-corrected chi connectivity index (χ3v) is 20.2. The third kappa shape index (κ3) is 5.64. The van der Waals surface area contributed by atoms with E-state index in [9.17, 15) is 0 Å². The lowest BCUT2D eigenvalue weighted by Crippen LogP contribution is -2.61. The highest BCUT2D eigenvalue weighted by atomic mass is 32.1. The van der Waals surface area contributed by atoms with Crippen molar-refractivity contribution in [3.05, 3.63) is 161 Å². The first kappa shape index (κ1) is 44.6. The predicted molar refractivity (Wildman–Crippen MR) is 312 cm³/mol. The van der Waals surface area contributed by atoms with Crippen molar-refractivity contribution < 1.29 is 0 Å². The van der Waals surface area contributed by atoms with E-state index in [4.69, 9.17) is 0 Å². The summed E-state index contributed by atoms with van der Waals surface area (Å²) in [6, 6.07) is 51.1. The Bertz CT molecular complexity index is 3860. The van der Waals surface area contributed by atoms with E-state index >= 15 is 0 Å². The van der Waals surface area contributed by atoms with Crippen LogP contribution in [0.4, 0.5) is 28.4 Å². The number of aromatic nitrogens is 1. The normalized spacial score (nSPS) is 20.5. The van der Waals surface area contributed by atoms with Gasteiger partial charge in [0.05, 0.1) is 21.6 Å². The molecule has 7 aromatic carbocycles. The van der Waals surface area contributed by atoms with Crippen LogP contribution >= 0.6 is 11.3 Å². The SMILES string of the molecule is CC(C)(C)c1ccc2c(c1)N(c1cccc3c1sc1ccccc13)c1cc(N3c4ccc(C(C)(C)C)cc4C4(C)CCCCC34C)cc3c1B2c1cc(C(C)(C)C)cc2c4c(n-3c12)-c1ccccc1C4(C)C. The van der Waals surface area contributed by atoms with Gasteiger partial charge in [-0.3, -0.25) is 0 Å². The lowest BCUT2D eigenvalue weighted by molar-refractivity contribution is 0.195. The molecule has 5 heteroatoms. The molecular weight excluding hydrogens is 890 g/mol. The average molecular weight is 958 g/mol. The molecule has 72 heavy (non-hydrogen) atoms. The van der Waals surface area contributed by atoms with Crippen LogP contribution in [-0.4, -0.2) is 16.8 Å². The van der Waals surface area contributed by atoms with Gasteiger partial charge < -0.3 is 14.4 Å². The zero-order valence-electron chi connectivity index (χ0n) is 44.8. The van der Waals surface area contributed by atoms with Crippen molar-refractivity contribution in [2.45, 2.75) is 148 Å². The molecule has 360 valence electrons. The highest BCUT2D eigenvalue weighted by Crippen LogP contribution is 2.63. The molecule has 3 aliphatic heterocycles. The molecule has 0 bridgehead atoms. The minimum Gasteiger partial charge on any atom is -0.334 e. The zero-order chi connectivity index (χ0) is 50.0. The maximum atomic E-state index is 2.86. The number of hydrogen-bond acceptors (Lipinski definition) is 3. The highest BCUT2D eigenvalue weighted by molar-refractivity contribution is 7.26. The molecular formula is C67H68BN3S. The molecule has 0 N–H and O–H groups in total. The standard InChI is InChI=1S/C67H68BN3S/c1-62(2,3)39-28-30-51-48(34-39)66(12)31-18-19-32-67(66,13)71(51)42-37-54-58-55(38-42)70-59-46(57-60(70)45-22-14-16-24-47(45)65(57,10)11)33-41(64(7,8)9)35-50(59)68(58)49-29-27-40(63(4,5)6)36-53(49)69(54)52-25-20-23-44-43-21-15-17-26-56(43)72-61(44)52/h14-17,20-30,33-38H,18-19,31-32H2,1-13H3. The molecule has 5 aliphatic rings. The van der Waals surface area contributed by atoms with Gasteiger partial charge in [-0.15, -0.1) is 11.3 Å². The van der Waals surface area contributed by atoms with Crippen LogP contribution in [0.15, 0.2) is 127 Å². The van der Waals surface area contributed by atoms with Crippen molar-refractivity contribution in [3.63, 3.8) is 0 Å². The summed E-state index contributed by atoms with van der Waals surface area (Å²) < 4.78 is 5.45. The van der Waals surface area contributed by atoms with Crippen molar-refractivity contribution >= 4 is 94.0 Å². The van der Waals surface area contributed by atoms with Gasteiger partial charge in [0.15, 0.2) is 0 Å². The monoisotopic (exact) mass is 958 g/mol. The topological polar surface area (TPSA) is 11.4 Å². The molecule has 0 amide bonds. The van der Waals surface area contributed by atoms with Gasteiger partial charge in [0.1, 0.15) is 0 Å². The summed E-state index contributed by atoms with van der Waals surface area (Å²) in [6.45, 7) is 31.7. The zero-order valence-corrected chi connectivity index (χ0v) is 45.6. The smallest absolute Gasteiger partial charge is 0.252 e. The summed E-state index contributed by atoms with van der Waals surface area (Å²) in [6.07, 6.45) is 4.81. The fraction of sp³-hybridized carbons (Fsp3) is 0.343. The molecule has 0 spiro atoms. The van der Waals surface area contributed by atoms with Crippen LogP contribution in [0.25, 0.3) is 48.0 Å². The number of rotatable bonds is 2. The Hall–Kier alpha value is -6.04. The van der Waals surface area contributed by atoms with Gasteiger partial charge in [0.2, 0.25) is 0 Å². The van der Waals surface area contributed by atoms with Gasteiger partial charge in [-0.05, 0) is 128 Å². The first-order valence-corrected chi connectivity index (χ1v) is 27.7. The van der Waals surface area contributed by atoms with E-state index in [2.05, 4.69) is 232 Å². The predicted octanol–water partition coefficient (Wildman–Crippen LogP) is 16.6. The molecule has 2 unspecified atom stereocenters. The molecule has 9 aromatic rings. The van der Waals surface area contributed by atoms with Crippen LogP contribution in [0.1, 0.15) is 149 Å². The summed E-state index contributed by atoms with van der Waals surface area (Å²) in [5.41, 5.74) is 24.4. The van der Waals surface area contributed by atoms with Crippen molar-refractivity contribution in [1.82, 2.24) is 4.57 Å². The Morgan fingerprint density at radius 1 is 0.528 bits per heavy atom. The first-order chi connectivity index (χ1) is 34.1. The minimum absolute atomic E-state index is 0.0189. The van der Waals surface area contributed by atoms with E-state index in [1.54, 1.807) is 0 Å². The summed E-state index contributed by atoms with van der Waals surface area (Å²) in [5, 5.41) is 4.06. The van der Waals surface area contributed by atoms with Gasteiger partial charge in [-0.2, -0.15) is 0 Å². The fourth-order valence-corrected chi connectivity index (χ4v) is 16.0. The molecule has 1 fully saturated rings. The van der Waals surface area contributed by atoms with Gasteiger partial charge in [0, 0.05) is 71.2 Å². The number of hydrogen-bond donors (Lipinski definition) is 0. The molecule has 3 nitrogen and oxygen atoms in total. The van der Waals surface area contributed by atoms with Crippen molar-refractivity contribution in [1.29, 1.82) is 0 Å². The highest BCUT2D eigenvalue weighted by Gasteiger charge is 2.58. The Labute approximate surface area is 432 Å². The largest absolute Gasteiger partial charge is 0.334 e. The van der Waals surface area contributed by atoms with Gasteiger partial charge in [-0.1, -0.05) is 181 Å². The first-order valence-electron chi connectivity index (χ1n) is 26.9. The van der Waals surface area contributed by atoms with Crippen LogP contribution in [-0.2, 0) is 27.1 Å². The van der Waals surface area contributed by atoms with Crippen LogP contribution in [0, 0.1) is 0 Å². The number of nitrogens with zero attached hydrogens (tertiary/aromatic N) is 3. The second-order valence-electron chi connectivity index (χ2n) is 26.5.